The first-order valence-corrected chi connectivity index (χ1v) is 10.7. The highest BCUT2D eigenvalue weighted by molar-refractivity contribution is 6.30. The first-order valence-electron chi connectivity index (χ1n) is 10.3. The Balaban J connectivity index is 1.21. The van der Waals surface area contributed by atoms with Gasteiger partial charge in [-0.1, -0.05) is 35.9 Å². The Bertz CT molecular complexity index is 996. The maximum atomic E-state index is 10.6. The van der Waals surface area contributed by atoms with Crippen molar-refractivity contribution in [2.75, 3.05) is 13.1 Å². The SMILES string of the molecule is O[C@@H]1C[C@H]2CN(Cc3nnc(-c4ccccc4)o3)C[C@H]2C[C@H]1Oc1cccc(Cl)c1. The molecule has 1 aromatic heterocycles. The summed E-state index contributed by atoms with van der Waals surface area (Å²) in [6, 6.07) is 17.1. The number of likely N-dealkylation sites (tertiary alicyclic amines) is 1. The summed E-state index contributed by atoms with van der Waals surface area (Å²) < 4.78 is 11.9. The van der Waals surface area contributed by atoms with Crippen molar-refractivity contribution in [2.24, 2.45) is 11.8 Å². The van der Waals surface area contributed by atoms with Gasteiger partial charge >= 0.3 is 0 Å². The molecule has 0 amide bonds. The molecule has 2 fully saturated rings. The van der Waals surface area contributed by atoms with Crippen molar-refractivity contribution in [3.8, 4) is 17.2 Å². The van der Waals surface area contributed by atoms with Crippen LogP contribution in [-0.4, -0.2) is 45.5 Å². The molecule has 7 heteroatoms. The first-order chi connectivity index (χ1) is 14.6. The quantitative estimate of drug-likeness (QED) is 0.665. The van der Waals surface area contributed by atoms with Crippen LogP contribution in [0.1, 0.15) is 18.7 Å². The lowest BCUT2D eigenvalue weighted by atomic mass is 9.78. The van der Waals surface area contributed by atoms with Gasteiger partial charge < -0.3 is 14.3 Å². The van der Waals surface area contributed by atoms with E-state index in [1.165, 1.54) is 0 Å². The summed E-state index contributed by atoms with van der Waals surface area (Å²) in [4.78, 5) is 2.34. The Morgan fingerprint density at radius 2 is 1.83 bits per heavy atom. The number of nitrogens with zero attached hydrogens (tertiary/aromatic N) is 3. The van der Waals surface area contributed by atoms with Crippen LogP contribution in [0, 0.1) is 11.8 Å². The van der Waals surface area contributed by atoms with Gasteiger partial charge in [-0.15, -0.1) is 10.2 Å². The van der Waals surface area contributed by atoms with E-state index >= 15 is 0 Å². The van der Waals surface area contributed by atoms with Crippen LogP contribution in [0.15, 0.2) is 59.0 Å². The third-order valence-electron chi connectivity index (χ3n) is 6.09. The average Bonchev–Trinajstić information content (AvgIpc) is 3.36. The Kier molecular flexibility index (Phi) is 5.46. The molecule has 0 spiro atoms. The molecule has 156 valence electrons. The van der Waals surface area contributed by atoms with E-state index in [4.69, 9.17) is 20.8 Å². The maximum Gasteiger partial charge on any atom is 0.247 e. The van der Waals surface area contributed by atoms with Gasteiger partial charge in [0.05, 0.1) is 12.6 Å². The fourth-order valence-corrected chi connectivity index (χ4v) is 4.84. The third kappa shape index (κ3) is 4.21. The van der Waals surface area contributed by atoms with Crippen molar-refractivity contribution in [1.82, 2.24) is 15.1 Å². The summed E-state index contributed by atoms with van der Waals surface area (Å²) in [5.74, 6) is 2.82. The normalized spacial score (nSPS) is 26.5. The van der Waals surface area contributed by atoms with Gasteiger partial charge in [0.2, 0.25) is 11.8 Å². The minimum atomic E-state index is -0.474. The molecule has 1 aliphatic heterocycles. The van der Waals surface area contributed by atoms with E-state index in [0.29, 0.717) is 40.9 Å². The van der Waals surface area contributed by atoms with Gasteiger partial charge in [-0.3, -0.25) is 4.90 Å². The highest BCUT2D eigenvalue weighted by Crippen LogP contribution is 2.38. The molecule has 1 saturated heterocycles. The van der Waals surface area contributed by atoms with Gasteiger partial charge in [0.15, 0.2) is 0 Å². The standard InChI is InChI=1S/C23H24ClN3O3/c24-18-7-4-8-19(11-18)29-21-10-17-13-27(12-16(17)9-20(21)28)14-22-25-26-23(30-22)15-5-2-1-3-6-15/h1-8,11,16-17,20-21,28H,9-10,12-14H2/t16-,17+,20+,21+/m0/s1. The molecule has 5 rings (SSSR count). The Morgan fingerprint density at radius 1 is 1.03 bits per heavy atom. The average molecular weight is 426 g/mol. The number of hydrogen-bond acceptors (Lipinski definition) is 6. The number of fused-ring (bicyclic) bond motifs is 1. The second-order valence-corrected chi connectivity index (χ2v) is 8.67. The van der Waals surface area contributed by atoms with Crippen LogP contribution >= 0.6 is 11.6 Å². The second-order valence-electron chi connectivity index (χ2n) is 8.23. The second kappa shape index (κ2) is 8.38. The van der Waals surface area contributed by atoms with Crippen LogP contribution in [-0.2, 0) is 6.54 Å². The molecule has 6 nitrogen and oxygen atoms in total. The summed E-state index contributed by atoms with van der Waals surface area (Å²) in [6.45, 7) is 2.49. The monoisotopic (exact) mass is 425 g/mol. The van der Waals surface area contributed by atoms with Gasteiger partial charge in [-0.2, -0.15) is 0 Å². The van der Waals surface area contributed by atoms with Crippen LogP contribution in [0.2, 0.25) is 5.02 Å². The van der Waals surface area contributed by atoms with Gasteiger partial charge in [-0.25, -0.2) is 0 Å². The molecule has 2 heterocycles. The minimum absolute atomic E-state index is 0.210. The van der Waals surface area contributed by atoms with E-state index in [1.54, 1.807) is 6.07 Å². The van der Waals surface area contributed by atoms with E-state index in [1.807, 2.05) is 48.5 Å². The molecule has 1 saturated carbocycles. The summed E-state index contributed by atoms with van der Waals surface area (Å²) in [7, 11) is 0. The van der Waals surface area contributed by atoms with Crippen LogP contribution < -0.4 is 4.74 Å². The zero-order valence-electron chi connectivity index (χ0n) is 16.5. The Hall–Kier alpha value is -2.41. The highest BCUT2D eigenvalue weighted by Gasteiger charge is 2.42. The van der Waals surface area contributed by atoms with Crippen LogP contribution in [0.4, 0.5) is 0 Å². The number of aliphatic hydroxyl groups is 1. The van der Waals surface area contributed by atoms with Crippen molar-refractivity contribution >= 4 is 11.6 Å². The molecule has 2 aliphatic rings. The highest BCUT2D eigenvalue weighted by atomic mass is 35.5. The van der Waals surface area contributed by atoms with Gasteiger partial charge in [-0.05, 0) is 55.0 Å². The summed E-state index contributed by atoms with van der Waals surface area (Å²) in [5, 5.41) is 19.7. The smallest absolute Gasteiger partial charge is 0.247 e. The molecule has 3 aromatic rings. The zero-order chi connectivity index (χ0) is 20.5. The van der Waals surface area contributed by atoms with Crippen molar-refractivity contribution < 1.29 is 14.3 Å². The zero-order valence-corrected chi connectivity index (χ0v) is 17.3. The number of halogens is 1. The van der Waals surface area contributed by atoms with Crippen molar-refractivity contribution in [2.45, 2.75) is 31.6 Å². The van der Waals surface area contributed by atoms with E-state index in [2.05, 4.69) is 15.1 Å². The summed E-state index contributed by atoms with van der Waals surface area (Å²) >= 11 is 6.06. The van der Waals surface area contributed by atoms with Crippen LogP contribution in [0.5, 0.6) is 5.75 Å². The fraction of sp³-hybridized carbons (Fsp3) is 0.391. The third-order valence-corrected chi connectivity index (χ3v) is 6.33. The molecule has 30 heavy (non-hydrogen) atoms. The first kappa shape index (κ1) is 19.5. The molecule has 0 unspecified atom stereocenters. The topological polar surface area (TPSA) is 71.6 Å². The predicted octanol–water partition coefficient (Wildman–Crippen LogP) is 4.04. The lowest BCUT2D eigenvalue weighted by Crippen LogP contribution is -2.42. The van der Waals surface area contributed by atoms with E-state index in [0.717, 1.165) is 31.5 Å². The number of rotatable bonds is 5. The molecule has 0 radical (unpaired) electrons. The molecule has 1 aliphatic carbocycles. The Labute approximate surface area is 180 Å². The van der Waals surface area contributed by atoms with Crippen LogP contribution in [0.25, 0.3) is 11.5 Å². The van der Waals surface area contributed by atoms with E-state index in [9.17, 15) is 5.11 Å². The lowest BCUT2D eigenvalue weighted by Gasteiger charge is -2.35. The predicted molar refractivity (Wildman–Crippen MR) is 113 cm³/mol. The molecule has 0 bridgehead atoms. The fourth-order valence-electron chi connectivity index (χ4n) is 4.66. The summed E-state index contributed by atoms with van der Waals surface area (Å²) in [6.07, 6.45) is 0.885. The summed E-state index contributed by atoms with van der Waals surface area (Å²) in [5.41, 5.74) is 0.926. The van der Waals surface area contributed by atoms with Gasteiger partial charge in [0.1, 0.15) is 11.9 Å². The van der Waals surface area contributed by atoms with E-state index < -0.39 is 6.10 Å². The van der Waals surface area contributed by atoms with Crippen molar-refractivity contribution in [3.63, 3.8) is 0 Å². The van der Waals surface area contributed by atoms with Crippen LogP contribution in [0.3, 0.4) is 0 Å². The number of aliphatic hydroxyl groups excluding tert-OH is 1. The minimum Gasteiger partial charge on any atom is -0.488 e. The van der Waals surface area contributed by atoms with E-state index in [-0.39, 0.29) is 6.10 Å². The van der Waals surface area contributed by atoms with Gasteiger partial charge in [0, 0.05) is 23.7 Å². The molecule has 1 N–H and O–H groups in total. The number of hydrogen-bond donors (Lipinski definition) is 1. The van der Waals surface area contributed by atoms with Crippen molar-refractivity contribution in [1.29, 1.82) is 0 Å². The lowest BCUT2D eigenvalue weighted by molar-refractivity contribution is -0.0231. The maximum absolute atomic E-state index is 10.6. The Morgan fingerprint density at radius 3 is 2.63 bits per heavy atom. The molecular weight excluding hydrogens is 402 g/mol. The van der Waals surface area contributed by atoms with Gasteiger partial charge in [0.25, 0.3) is 0 Å². The number of ether oxygens (including phenoxy) is 1. The number of aromatic nitrogens is 2. The molecular formula is C23H24ClN3O3. The largest absolute Gasteiger partial charge is 0.488 e. The number of benzene rings is 2. The van der Waals surface area contributed by atoms with Crippen molar-refractivity contribution in [3.05, 3.63) is 65.5 Å². The molecule has 2 aromatic carbocycles. The molecule has 4 atom stereocenters.